The molecule has 1 saturated carbocycles. The standard InChI is InChI=1S/C35H39N5O5/c1-22(2)32-39-34(45-40-32)28-10-6-7-11-29(28)37-35(44)38-31(25-14-12-24(13-15-25)23-8-4-3-5-9-23)26-16-18-27(19-17-26)33(43)36-21-20-30(41)42/h6-7,10-19,22-23,31H,3-5,8-9,20-21H2,1-2H3,(H,36,43)(H,41,42)(H2,37,38,44). The van der Waals surface area contributed by atoms with Gasteiger partial charge in [-0.3, -0.25) is 9.59 Å². The van der Waals surface area contributed by atoms with Crippen molar-refractivity contribution in [1.82, 2.24) is 20.8 Å². The number of carboxylic acid groups (broad SMARTS) is 1. The van der Waals surface area contributed by atoms with Gasteiger partial charge in [-0.2, -0.15) is 4.98 Å². The molecule has 0 spiro atoms. The third kappa shape index (κ3) is 8.14. The quantitative estimate of drug-likeness (QED) is 0.143. The lowest BCUT2D eigenvalue weighted by Crippen LogP contribution is -2.33. The Balaban J connectivity index is 1.37. The summed E-state index contributed by atoms with van der Waals surface area (Å²) in [5, 5.41) is 21.6. The van der Waals surface area contributed by atoms with Crippen LogP contribution in [0, 0.1) is 0 Å². The smallest absolute Gasteiger partial charge is 0.320 e. The Labute approximate surface area is 262 Å². The molecule has 1 atom stereocenters. The van der Waals surface area contributed by atoms with Crippen molar-refractivity contribution in [2.45, 2.75) is 70.3 Å². The highest BCUT2D eigenvalue weighted by Crippen LogP contribution is 2.34. The van der Waals surface area contributed by atoms with Crippen molar-refractivity contribution >= 4 is 23.6 Å². The fraction of sp³-hybridized carbons (Fsp3) is 0.343. The van der Waals surface area contributed by atoms with E-state index in [0.29, 0.717) is 34.4 Å². The molecule has 3 amide bonds. The Bertz CT molecular complexity index is 1610. The summed E-state index contributed by atoms with van der Waals surface area (Å²) >= 11 is 0. The Kier molecular flexibility index (Phi) is 10.2. The van der Waals surface area contributed by atoms with Crippen LogP contribution in [-0.2, 0) is 4.79 Å². The average Bonchev–Trinajstić information content (AvgIpc) is 3.55. The Morgan fingerprint density at radius 2 is 1.58 bits per heavy atom. The minimum absolute atomic E-state index is 0.0391. The van der Waals surface area contributed by atoms with E-state index in [2.05, 4.69) is 50.4 Å². The summed E-state index contributed by atoms with van der Waals surface area (Å²) in [7, 11) is 0. The molecule has 0 bridgehead atoms. The van der Waals surface area contributed by atoms with E-state index in [1.807, 2.05) is 32.0 Å². The van der Waals surface area contributed by atoms with Gasteiger partial charge in [-0.25, -0.2) is 4.79 Å². The summed E-state index contributed by atoms with van der Waals surface area (Å²) in [6, 6.07) is 21.7. The van der Waals surface area contributed by atoms with Gasteiger partial charge in [0, 0.05) is 18.0 Å². The molecule has 45 heavy (non-hydrogen) atoms. The second-order valence-electron chi connectivity index (χ2n) is 11.7. The number of aromatic nitrogens is 2. The molecule has 0 saturated heterocycles. The zero-order valence-electron chi connectivity index (χ0n) is 25.6. The first-order valence-electron chi connectivity index (χ1n) is 15.5. The zero-order chi connectivity index (χ0) is 31.8. The van der Waals surface area contributed by atoms with Crippen LogP contribution in [-0.4, -0.2) is 39.7 Å². The van der Waals surface area contributed by atoms with Gasteiger partial charge in [0.25, 0.3) is 11.8 Å². The number of para-hydroxylation sites is 1. The minimum atomic E-state index is -0.979. The van der Waals surface area contributed by atoms with Gasteiger partial charge in [0.1, 0.15) is 0 Å². The van der Waals surface area contributed by atoms with Crippen molar-refractivity contribution in [2.75, 3.05) is 11.9 Å². The summed E-state index contributed by atoms with van der Waals surface area (Å²) in [5.41, 5.74) is 4.52. The van der Waals surface area contributed by atoms with Crippen LogP contribution in [0.1, 0.15) is 103 Å². The Morgan fingerprint density at radius 1 is 0.911 bits per heavy atom. The van der Waals surface area contributed by atoms with Gasteiger partial charge in [0.2, 0.25) is 0 Å². The number of nitrogens with one attached hydrogen (secondary N) is 3. The number of anilines is 1. The van der Waals surface area contributed by atoms with Gasteiger partial charge in [0.15, 0.2) is 5.82 Å². The highest BCUT2D eigenvalue weighted by atomic mass is 16.5. The van der Waals surface area contributed by atoms with Crippen LogP contribution in [0.3, 0.4) is 0 Å². The number of benzene rings is 3. The number of hydrogen-bond acceptors (Lipinski definition) is 6. The molecule has 234 valence electrons. The van der Waals surface area contributed by atoms with Crippen LogP contribution >= 0.6 is 0 Å². The van der Waals surface area contributed by atoms with Crippen LogP contribution in [0.15, 0.2) is 77.3 Å². The predicted molar refractivity (Wildman–Crippen MR) is 171 cm³/mol. The normalized spacial score (nSPS) is 14.1. The molecule has 0 radical (unpaired) electrons. The number of rotatable bonds is 11. The van der Waals surface area contributed by atoms with Crippen molar-refractivity contribution in [2.24, 2.45) is 0 Å². The maximum Gasteiger partial charge on any atom is 0.320 e. The van der Waals surface area contributed by atoms with Crippen LogP contribution in [0.4, 0.5) is 10.5 Å². The van der Waals surface area contributed by atoms with E-state index in [4.69, 9.17) is 9.63 Å². The molecular formula is C35H39N5O5. The summed E-state index contributed by atoms with van der Waals surface area (Å²) in [4.78, 5) is 41.4. The van der Waals surface area contributed by atoms with Crippen molar-refractivity contribution in [1.29, 1.82) is 0 Å². The van der Waals surface area contributed by atoms with E-state index in [1.165, 1.54) is 37.7 Å². The molecule has 1 aromatic heterocycles. The van der Waals surface area contributed by atoms with E-state index in [9.17, 15) is 14.4 Å². The molecule has 10 nitrogen and oxygen atoms in total. The first-order chi connectivity index (χ1) is 21.8. The molecule has 1 fully saturated rings. The summed E-state index contributed by atoms with van der Waals surface area (Å²) in [5.74, 6) is 0.214. The molecule has 3 aromatic carbocycles. The van der Waals surface area contributed by atoms with E-state index in [1.54, 1.807) is 30.3 Å². The third-order valence-corrected chi connectivity index (χ3v) is 8.12. The van der Waals surface area contributed by atoms with Crippen molar-refractivity contribution in [3.63, 3.8) is 0 Å². The summed E-state index contributed by atoms with van der Waals surface area (Å²) in [6.07, 6.45) is 6.01. The van der Waals surface area contributed by atoms with Gasteiger partial charge >= 0.3 is 12.0 Å². The maximum absolute atomic E-state index is 13.5. The number of carbonyl (C=O) groups is 3. The Hall–Kier alpha value is -4.99. The fourth-order valence-corrected chi connectivity index (χ4v) is 5.61. The second kappa shape index (κ2) is 14.7. The van der Waals surface area contributed by atoms with Gasteiger partial charge in [-0.05, 0) is 59.7 Å². The lowest BCUT2D eigenvalue weighted by Gasteiger charge is -2.24. The number of aliphatic carboxylic acids is 1. The monoisotopic (exact) mass is 609 g/mol. The molecule has 5 rings (SSSR count). The molecular weight excluding hydrogens is 570 g/mol. The highest BCUT2D eigenvalue weighted by molar-refractivity contribution is 5.95. The summed E-state index contributed by atoms with van der Waals surface area (Å²) in [6.45, 7) is 4.00. The van der Waals surface area contributed by atoms with E-state index < -0.39 is 18.0 Å². The summed E-state index contributed by atoms with van der Waals surface area (Å²) < 4.78 is 5.49. The third-order valence-electron chi connectivity index (χ3n) is 8.12. The van der Waals surface area contributed by atoms with E-state index >= 15 is 0 Å². The van der Waals surface area contributed by atoms with Crippen molar-refractivity contribution in [3.05, 3.63) is 101 Å². The number of amides is 3. The fourth-order valence-electron chi connectivity index (χ4n) is 5.61. The highest BCUT2D eigenvalue weighted by Gasteiger charge is 2.22. The van der Waals surface area contributed by atoms with Crippen LogP contribution < -0.4 is 16.0 Å². The van der Waals surface area contributed by atoms with Gasteiger partial charge in [0.05, 0.1) is 23.7 Å². The molecule has 4 aromatic rings. The van der Waals surface area contributed by atoms with Crippen molar-refractivity contribution < 1.29 is 24.0 Å². The Morgan fingerprint density at radius 3 is 2.22 bits per heavy atom. The molecule has 10 heteroatoms. The largest absolute Gasteiger partial charge is 0.481 e. The van der Waals surface area contributed by atoms with Crippen molar-refractivity contribution in [3.8, 4) is 11.5 Å². The molecule has 1 unspecified atom stereocenters. The molecule has 1 aliphatic carbocycles. The maximum atomic E-state index is 13.5. The minimum Gasteiger partial charge on any atom is -0.481 e. The van der Waals surface area contributed by atoms with E-state index in [0.717, 1.165) is 11.1 Å². The van der Waals surface area contributed by atoms with Crippen LogP contribution in [0.2, 0.25) is 0 Å². The molecule has 1 aliphatic rings. The first kappa shape index (κ1) is 31.4. The van der Waals surface area contributed by atoms with Gasteiger partial charge < -0.3 is 25.6 Å². The zero-order valence-corrected chi connectivity index (χ0v) is 25.6. The topological polar surface area (TPSA) is 146 Å². The number of hydrogen-bond donors (Lipinski definition) is 4. The van der Waals surface area contributed by atoms with Gasteiger partial charge in [-0.15, -0.1) is 0 Å². The molecule has 4 N–H and O–H groups in total. The first-order valence-corrected chi connectivity index (χ1v) is 15.5. The van der Waals surface area contributed by atoms with E-state index in [-0.39, 0.29) is 24.8 Å². The lowest BCUT2D eigenvalue weighted by atomic mass is 9.83. The molecule has 1 heterocycles. The van der Waals surface area contributed by atoms with Crippen LogP contribution in [0.5, 0.6) is 0 Å². The number of carbonyl (C=O) groups excluding carboxylic acids is 2. The lowest BCUT2D eigenvalue weighted by molar-refractivity contribution is -0.136. The van der Waals surface area contributed by atoms with Gasteiger partial charge in [-0.1, -0.05) is 86.8 Å². The number of carboxylic acids is 1. The molecule has 0 aliphatic heterocycles. The number of nitrogens with zero attached hydrogens (tertiary/aromatic N) is 2. The predicted octanol–water partition coefficient (Wildman–Crippen LogP) is 7.02. The average molecular weight is 610 g/mol. The number of urea groups is 1. The van der Waals surface area contributed by atoms with Crippen LogP contribution in [0.25, 0.3) is 11.5 Å². The second-order valence-corrected chi connectivity index (χ2v) is 11.7. The SMILES string of the molecule is CC(C)c1noc(-c2ccccc2NC(=O)NC(c2ccc(C(=O)NCCC(=O)O)cc2)c2ccc(C3CCCCC3)cc2)n1.